The molecule has 1 aliphatic heterocycles. The highest BCUT2D eigenvalue weighted by molar-refractivity contribution is 6.31. The van der Waals surface area contributed by atoms with E-state index < -0.39 is 0 Å². The summed E-state index contributed by atoms with van der Waals surface area (Å²) in [6, 6.07) is 4.94. The lowest BCUT2D eigenvalue weighted by Gasteiger charge is -2.34. The van der Waals surface area contributed by atoms with E-state index in [1.54, 1.807) is 6.07 Å². The minimum atomic E-state index is -0.354. The van der Waals surface area contributed by atoms with Gasteiger partial charge in [-0.2, -0.15) is 0 Å². The van der Waals surface area contributed by atoms with E-state index in [1.807, 2.05) is 6.07 Å². The monoisotopic (exact) mass is 272 g/mol. The molecule has 1 aliphatic rings. The van der Waals surface area contributed by atoms with Crippen LogP contribution in [0.25, 0.3) is 0 Å². The normalized spacial score (nSPS) is 18.2. The third kappa shape index (κ3) is 3.42. The van der Waals surface area contributed by atoms with Crippen LogP contribution in [0.1, 0.15) is 5.56 Å². The molecular formula is C13H18ClFN2O. The van der Waals surface area contributed by atoms with E-state index in [4.69, 9.17) is 16.7 Å². The zero-order valence-electron chi connectivity index (χ0n) is 10.3. The maximum atomic E-state index is 13.3. The number of hydrogen-bond acceptors (Lipinski definition) is 3. The molecule has 1 saturated heterocycles. The van der Waals surface area contributed by atoms with Gasteiger partial charge < -0.3 is 5.11 Å². The predicted octanol–water partition coefficient (Wildman–Crippen LogP) is 1.59. The summed E-state index contributed by atoms with van der Waals surface area (Å²) in [6.07, 6.45) is 0. The molecule has 1 aromatic rings. The summed E-state index contributed by atoms with van der Waals surface area (Å²) < 4.78 is 13.3. The Morgan fingerprint density at radius 3 is 2.50 bits per heavy atom. The Morgan fingerprint density at radius 1 is 1.17 bits per heavy atom. The van der Waals surface area contributed by atoms with E-state index in [-0.39, 0.29) is 17.4 Å². The van der Waals surface area contributed by atoms with Crippen LogP contribution in [-0.2, 0) is 6.54 Å². The van der Waals surface area contributed by atoms with Crippen LogP contribution in [-0.4, -0.2) is 54.2 Å². The second kappa shape index (κ2) is 6.48. The second-order valence-electron chi connectivity index (χ2n) is 4.55. The van der Waals surface area contributed by atoms with E-state index in [2.05, 4.69) is 9.80 Å². The average Bonchev–Trinajstić information content (AvgIpc) is 2.38. The maximum absolute atomic E-state index is 13.3. The summed E-state index contributed by atoms with van der Waals surface area (Å²) in [5, 5.41) is 9.10. The first-order valence-electron chi connectivity index (χ1n) is 6.19. The van der Waals surface area contributed by atoms with Crippen molar-refractivity contribution in [1.82, 2.24) is 9.80 Å². The summed E-state index contributed by atoms with van der Waals surface area (Å²) in [5.74, 6) is -0.354. The van der Waals surface area contributed by atoms with E-state index in [0.717, 1.165) is 38.3 Å². The van der Waals surface area contributed by atoms with Gasteiger partial charge in [-0.05, 0) is 11.6 Å². The van der Waals surface area contributed by atoms with Crippen molar-refractivity contribution in [2.45, 2.75) is 6.54 Å². The molecule has 1 N–H and O–H groups in total. The second-order valence-corrected chi connectivity index (χ2v) is 4.93. The number of hydrogen-bond donors (Lipinski definition) is 1. The van der Waals surface area contributed by atoms with Gasteiger partial charge in [0.1, 0.15) is 5.82 Å². The lowest BCUT2D eigenvalue weighted by Crippen LogP contribution is -2.46. The molecule has 0 aromatic heterocycles. The van der Waals surface area contributed by atoms with Crippen molar-refractivity contribution in [3.8, 4) is 0 Å². The Hall–Kier alpha value is -0.680. The summed E-state index contributed by atoms with van der Waals surface area (Å²) in [6.45, 7) is 5.34. The fraction of sp³-hybridized carbons (Fsp3) is 0.538. The third-order valence-electron chi connectivity index (χ3n) is 3.31. The Labute approximate surface area is 112 Å². The molecule has 0 aliphatic carbocycles. The largest absolute Gasteiger partial charge is 0.395 e. The van der Waals surface area contributed by atoms with Crippen molar-refractivity contribution in [3.05, 3.63) is 34.6 Å². The molecule has 0 saturated carbocycles. The lowest BCUT2D eigenvalue weighted by molar-refractivity contribution is 0.108. The molecular weight excluding hydrogens is 255 g/mol. The van der Waals surface area contributed by atoms with Crippen LogP contribution in [0.2, 0.25) is 5.02 Å². The molecule has 3 nitrogen and oxygen atoms in total. The molecule has 5 heteroatoms. The summed E-state index contributed by atoms with van der Waals surface area (Å²) >= 11 is 5.95. The SMILES string of the molecule is OCCN1CCN(Cc2cccc(F)c2Cl)CC1. The zero-order chi connectivity index (χ0) is 13.0. The number of nitrogens with zero attached hydrogens (tertiary/aromatic N) is 2. The van der Waals surface area contributed by atoms with Crippen LogP contribution >= 0.6 is 11.6 Å². The summed E-state index contributed by atoms with van der Waals surface area (Å²) in [4.78, 5) is 4.48. The highest BCUT2D eigenvalue weighted by Crippen LogP contribution is 2.21. The van der Waals surface area contributed by atoms with Gasteiger partial charge in [0.15, 0.2) is 0 Å². The van der Waals surface area contributed by atoms with Crippen LogP contribution in [0, 0.1) is 5.82 Å². The third-order valence-corrected chi connectivity index (χ3v) is 3.73. The maximum Gasteiger partial charge on any atom is 0.142 e. The van der Waals surface area contributed by atoms with Gasteiger partial charge >= 0.3 is 0 Å². The lowest BCUT2D eigenvalue weighted by atomic mass is 10.2. The molecule has 0 atom stereocenters. The van der Waals surface area contributed by atoms with E-state index >= 15 is 0 Å². The van der Waals surface area contributed by atoms with Crippen molar-refractivity contribution in [2.24, 2.45) is 0 Å². The molecule has 0 bridgehead atoms. The van der Waals surface area contributed by atoms with E-state index in [1.165, 1.54) is 6.07 Å². The van der Waals surface area contributed by atoms with Crippen LogP contribution in [0.4, 0.5) is 4.39 Å². The van der Waals surface area contributed by atoms with Gasteiger partial charge in [-0.1, -0.05) is 23.7 Å². The predicted molar refractivity (Wildman–Crippen MR) is 70.2 cm³/mol. The number of benzene rings is 1. The van der Waals surface area contributed by atoms with Gasteiger partial charge in [-0.15, -0.1) is 0 Å². The smallest absolute Gasteiger partial charge is 0.142 e. The fourth-order valence-corrected chi connectivity index (χ4v) is 2.41. The molecule has 0 spiro atoms. The molecule has 0 amide bonds. The van der Waals surface area contributed by atoms with E-state index in [9.17, 15) is 4.39 Å². The minimum absolute atomic E-state index is 0.204. The first kappa shape index (κ1) is 13.7. The molecule has 2 rings (SSSR count). The van der Waals surface area contributed by atoms with Gasteiger partial charge in [-0.25, -0.2) is 4.39 Å². The van der Waals surface area contributed by atoms with Crippen molar-refractivity contribution >= 4 is 11.6 Å². The number of β-amino-alcohol motifs (C(OH)–C–C–N with tert-alkyl or cyclic N) is 1. The van der Waals surface area contributed by atoms with Crippen LogP contribution in [0.3, 0.4) is 0 Å². The Balaban J connectivity index is 1.90. The molecule has 1 aromatic carbocycles. The summed E-state index contributed by atoms with van der Waals surface area (Å²) in [7, 11) is 0. The van der Waals surface area contributed by atoms with Crippen molar-refractivity contribution in [1.29, 1.82) is 0 Å². The number of halogens is 2. The standard InChI is InChI=1S/C13H18ClFN2O/c14-13-11(2-1-3-12(13)15)10-17-6-4-16(5-7-17)8-9-18/h1-3,18H,4-10H2. The van der Waals surface area contributed by atoms with Crippen LogP contribution in [0.15, 0.2) is 18.2 Å². The van der Waals surface area contributed by atoms with Gasteiger partial charge in [-0.3, -0.25) is 9.80 Å². The Morgan fingerprint density at radius 2 is 1.83 bits per heavy atom. The van der Waals surface area contributed by atoms with Gasteiger partial charge in [0, 0.05) is 39.3 Å². The highest BCUT2D eigenvalue weighted by Gasteiger charge is 2.17. The average molecular weight is 273 g/mol. The van der Waals surface area contributed by atoms with Gasteiger partial charge in [0.05, 0.1) is 11.6 Å². The van der Waals surface area contributed by atoms with Crippen molar-refractivity contribution in [3.63, 3.8) is 0 Å². The molecule has 0 radical (unpaired) electrons. The van der Waals surface area contributed by atoms with Crippen LogP contribution < -0.4 is 0 Å². The molecule has 1 fully saturated rings. The number of aliphatic hydroxyl groups is 1. The van der Waals surface area contributed by atoms with Gasteiger partial charge in [0.2, 0.25) is 0 Å². The topological polar surface area (TPSA) is 26.7 Å². The Kier molecular flexibility index (Phi) is 4.95. The van der Waals surface area contributed by atoms with Crippen molar-refractivity contribution < 1.29 is 9.50 Å². The minimum Gasteiger partial charge on any atom is -0.395 e. The van der Waals surface area contributed by atoms with Crippen molar-refractivity contribution in [2.75, 3.05) is 39.3 Å². The zero-order valence-corrected chi connectivity index (χ0v) is 11.0. The first-order valence-corrected chi connectivity index (χ1v) is 6.57. The first-order chi connectivity index (χ1) is 8.70. The molecule has 100 valence electrons. The molecule has 18 heavy (non-hydrogen) atoms. The molecule has 0 unspecified atom stereocenters. The van der Waals surface area contributed by atoms with E-state index in [0.29, 0.717) is 6.54 Å². The Bertz CT molecular complexity index is 395. The van der Waals surface area contributed by atoms with Crippen LogP contribution in [0.5, 0.6) is 0 Å². The number of piperazine rings is 1. The highest BCUT2D eigenvalue weighted by atomic mass is 35.5. The number of aliphatic hydroxyl groups excluding tert-OH is 1. The number of rotatable bonds is 4. The molecule has 1 heterocycles. The summed E-state index contributed by atoms with van der Waals surface area (Å²) in [5.41, 5.74) is 0.840. The van der Waals surface area contributed by atoms with Gasteiger partial charge in [0.25, 0.3) is 0 Å². The quantitative estimate of drug-likeness (QED) is 0.902. The fourth-order valence-electron chi connectivity index (χ4n) is 2.22.